The highest BCUT2D eigenvalue weighted by Crippen LogP contribution is 2.27. The van der Waals surface area contributed by atoms with Crippen molar-refractivity contribution in [2.75, 3.05) is 0 Å². The van der Waals surface area contributed by atoms with Crippen LogP contribution >= 0.6 is 11.6 Å². The zero-order valence-electron chi connectivity index (χ0n) is 15.1. The van der Waals surface area contributed by atoms with E-state index in [-0.39, 0.29) is 17.7 Å². The van der Waals surface area contributed by atoms with Gasteiger partial charge in [-0.05, 0) is 54.8 Å². The molecular formula is C20H21ClF3NO2. The maximum Gasteiger partial charge on any atom is 0.573 e. The normalized spacial score (nSPS) is 12.5. The molecule has 0 aromatic heterocycles. The fraction of sp³-hybridized carbons (Fsp3) is 0.350. The Balaban J connectivity index is 2.18. The number of ether oxygens (including phenoxy) is 1. The number of benzene rings is 2. The summed E-state index contributed by atoms with van der Waals surface area (Å²) >= 11 is 5.93. The Kier molecular flexibility index (Phi) is 7.13. The molecule has 0 aliphatic rings. The van der Waals surface area contributed by atoms with Crippen LogP contribution in [0, 0.1) is 6.92 Å². The van der Waals surface area contributed by atoms with Gasteiger partial charge in [-0.25, -0.2) is 0 Å². The molecule has 0 saturated heterocycles. The standard InChI is InChI=1S/C20H21ClF3NO2/c1-3-4-5-18(14-6-9-16(10-7-14)27-20(22,23)24)25-19(26)17-11-8-15(21)12-13(17)2/h6-12,18H,3-5H2,1-2H3,(H,25,26). The molecule has 2 aromatic carbocycles. The summed E-state index contributed by atoms with van der Waals surface area (Å²) in [7, 11) is 0. The molecule has 0 fully saturated rings. The van der Waals surface area contributed by atoms with Crippen molar-refractivity contribution in [3.8, 4) is 5.75 Å². The van der Waals surface area contributed by atoms with E-state index in [2.05, 4.69) is 10.1 Å². The number of hydrogen-bond donors (Lipinski definition) is 1. The summed E-state index contributed by atoms with van der Waals surface area (Å²) < 4.78 is 40.8. The van der Waals surface area contributed by atoms with Crippen LogP contribution in [0.5, 0.6) is 5.75 Å². The van der Waals surface area contributed by atoms with E-state index in [1.54, 1.807) is 25.1 Å². The minimum atomic E-state index is -4.73. The Morgan fingerprint density at radius 3 is 2.41 bits per heavy atom. The molecule has 0 aliphatic heterocycles. The lowest BCUT2D eigenvalue weighted by Crippen LogP contribution is -2.29. The van der Waals surface area contributed by atoms with Gasteiger partial charge in [-0.15, -0.1) is 13.2 Å². The largest absolute Gasteiger partial charge is 0.573 e. The molecule has 1 unspecified atom stereocenters. The van der Waals surface area contributed by atoms with E-state index in [9.17, 15) is 18.0 Å². The third-order valence-corrected chi connectivity index (χ3v) is 4.34. The molecule has 0 bridgehead atoms. The molecule has 1 amide bonds. The quantitative estimate of drug-likeness (QED) is 0.601. The summed E-state index contributed by atoms with van der Waals surface area (Å²) in [6.07, 6.45) is -2.26. The van der Waals surface area contributed by atoms with Crippen molar-refractivity contribution in [1.82, 2.24) is 5.32 Å². The first kappa shape index (κ1) is 21.1. The minimum absolute atomic E-state index is 0.249. The van der Waals surface area contributed by atoms with Crippen LogP contribution in [-0.2, 0) is 0 Å². The number of carbonyl (C=O) groups excluding carboxylic acids is 1. The molecule has 1 N–H and O–H groups in total. The number of aryl methyl sites for hydroxylation is 1. The molecule has 27 heavy (non-hydrogen) atoms. The monoisotopic (exact) mass is 399 g/mol. The van der Waals surface area contributed by atoms with Gasteiger partial charge in [0.15, 0.2) is 0 Å². The Bertz CT molecular complexity index is 776. The van der Waals surface area contributed by atoms with Gasteiger partial charge in [0.25, 0.3) is 5.91 Å². The second-order valence-electron chi connectivity index (χ2n) is 6.24. The Hall–Kier alpha value is -2.21. The Morgan fingerprint density at radius 2 is 1.85 bits per heavy atom. The number of halogens is 4. The Morgan fingerprint density at radius 1 is 1.19 bits per heavy atom. The van der Waals surface area contributed by atoms with E-state index >= 15 is 0 Å². The first-order valence-corrected chi connectivity index (χ1v) is 9.00. The molecule has 0 saturated carbocycles. The maximum atomic E-state index is 12.7. The van der Waals surface area contributed by atoms with E-state index in [0.717, 1.165) is 24.0 Å². The van der Waals surface area contributed by atoms with Crippen LogP contribution in [-0.4, -0.2) is 12.3 Å². The lowest BCUT2D eigenvalue weighted by Gasteiger charge is -2.20. The minimum Gasteiger partial charge on any atom is -0.406 e. The van der Waals surface area contributed by atoms with Gasteiger partial charge >= 0.3 is 6.36 Å². The van der Waals surface area contributed by atoms with E-state index in [4.69, 9.17) is 11.6 Å². The summed E-state index contributed by atoms with van der Waals surface area (Å²) in [4.78, 5) is 12.7. The SMILES string of the molecule is CCCCC(NC(=O)c1ccc(Cl)cc1C)c1ccc(OC(F)(F)F)cc1. The fourth-order valence-electron chi connectivity index (χ4n) is 2.75. The smallest absolute Gasteiger partial charge is 0.406 e. The molecule has 3 nitrogen and oxygen atoms in total. The molecule has 2 rings (SSSR count). The zero-order valence-corrected chi connectivity index (χ0v) is 15.8. The zero-order chi connectivity index (χ0) is 20.0. The van der Waals surface area contributed by atoms with Gasteiger partial charge in [-0.2, -0.15) is 0 Å². The molecule has 2 aromatic rings. The van der Waals surface area contributed by atoms with E-state index in [0.29, 0.717) is 17.0 Å². The predicted molar refractivity (Wildman–Crippen MR) is 99.0 cm³/mol. The van der Waals surface area contributed by atoms with Crippen LogP contribution in [0.4, 0.5) is 13.2 Å². The number of nitrogens with one attached hydrogen (secondary N) is 1. The summed E-state index contributed by atoms with van der Waals surface area (Å²) in [6, 6.07) is 10.3. The van der Waals surface area contributed by atoms with Crippen molar-refractivity contribution in [3.63, 3.8) is 0 Å². The lowest BCUT2D eigenvalue weighted by molar-refractivity contribution is -0.274. The number of hydrogen-bond acceptors (Lipinski definition) is 2. The van der Waals surface area contributed by atoms with E-state index in [1.807, 2.05) is 6.92 Å². The van der Waals surface area contributed by atoms with Crippen molar-refractivity contribution < 1.29 is 22.7 Å². The third-order valence-electron chi connectivity index (χ3n) is 4.10. The van der Waals surface area contributed by atoms with Gasteiger partial charge in [-0.1, -0.05) is 43.5 Å². The first-order chi connectivity index (χ1) is 12.7. The number of alkyl halides is 3. The molecule has 146 valence electrons. The Labute approximate surface area is 161 Å². The van der Waals surface area contributed by atoms with Gasteiger partial charge in [0, 0.05) is 10.6 Å². The van der Waals surface area contributed by atoms with Gasteiger partial charge in [0.05, 0.1) is 6.04 Å². The van der Waals surface area contributed by atoms with Crippen LogP contribution < -0.4 is 10.1 Å². The number of unbranched alkanes of at least 4 members (excludes halogenated alkanes) is 1. The van der Waals surface area contributed by atoms with E-state index in [1.165, 1.54) is 24.3 Å². The average Bonchev–Trinajstić information content (AvgIpc) is 2.57. The van der Waals surface area contributed by atoms with Crippen molar-refractivity contribution >= 4 is 17.5 Å². The molecule has 0 radical (unpaired) electrons. The van der Waals surface area contributed by atoms with Crippen LogP contribution in [0.3, 0.4) is 0 Å². The van der Waals surface area contributed by atoms with Crippen molar-refractivity contribution in [1.29, 1.82) is 0 Å². The molecule has 1 atom stereocenters. The molecule has 7 heteroatoms. The number of amides is 1. The average molecular weight is 400 g/mol. The lowest BCUT2D eigenvalue weighted by atomic mass is 10.00. The van der Waals surface area contributed by atoms with E-state index < -0.39 is 6.36 Å². The van der Waals surface area contributed by atoms with Gasteiger partial charge in [0.2, 0.25) is 0 Å². The molecule has 0 spiro atoms. The summed E-state index contributed by atoms with van der Waals surface area (Å²) in [5, 5.41) is 3.52. The highest BCUT2D eigenvalue weighted by molar-refractivity contribution is 6.30. The van der Waals surface area contributed by atoms with Gasteiger partial charge < -0.3 is 10.1 Å². The van der Waals surface area contributed by atoms with Gasteiger partial charge in [0.1, 0.15) is 5.75 Å². The van der Waals surface area contributed by atoms with Crippen LogP contribution in [0.15, 0.2) is 42.5 Å². The number of rotatable bonds is 7. The predicted octanol–water partition coefficient (Wildman–Crippen LogP) is 6.21. The first-order valence-electron chi connectivity index (χ1n) is 8.62. The van der Waals surface area contributed by atoms with Gasteiger partial charge in [-0.3, -0.25) is 4.79 Å². The van der Waals surface area contributed by atoms with Crippen molar-refractivity contribution in [2.45, 2.75) is 45.5 Å². The van der Waals surface area contributed by atoms with Crippen LogP contribution in [0.25, 0.3) is 0 Å². The highest BCUT2D eigenvalue weighted by atomic mass is 35.5. The summed E-state index contributed by atoms with van der Waals surface area (Å²) in [5.74, 6) is -0.541. The number of carbonyl (C=O) groups is 1. The second kappa shape index (κ2) is 9.13. The third kappa shape index (κ3) is 6.47. The summed E-state index contributed by atoms with van der Waals surface area (Å²) in [5.41, 5.74) is 1.99. The van der Waals surface area contributed by atoms with Crippen LogP contribution in [0.2, 0.25) is 5.02 Å². The highest BCUT2D eigenvalue weighted by Gasteiger charge is 2.31. The molecule has 0 aliphatic carbocycles. The molecular weight excluding hydrogens is 379 g/mol. The van der Waals surface area contributed by atoms with Crippen molar-refractivity contribution in [3.05, 3.63) is 64.2 Å². The maximum absolute atomic E-state index is 12.7. The van der Waals surface area contributed by atoms with Crippen LogP contribution in [0.1, 0.15) is 53.7 Å². The second-order valence-corrected chi connectivity index (χ2v) is 6.68. The summed E-state index contributed by atoms with van der Waals surface area (Å²) in [6.45, 7) is 3.83. The molecule has 0 heterocycles. The fourth-order valence-corrected chi connectivity index (χ4v) is 2.98. The van der Waals surface area contributed by atoms with Crippen molar-refractivity contribution in [2.24, 2.45) is 0 Å². The topological polar surface area (TPSA) is 38.3 Å².